The molecular weight excluding hydrogens is 236 g/mol. The normalized spacial score (nSPS) is 16.6. The minimum atomic E-state index is -0.829. The third-order valence-corrected chi connectivity index (χ3v) is 3.52. The molecule has 0 heterocycles. The SMILES string of the molecule is CC(=O)N(C)CC(=O)NCC1(CC(=O)O)CCC1. The van der Waals surface area contributed by atoms with E-state index in [0.717, 1.165) is 19.3 Å². The molecule has 0 unspecified atom stereocenters. The first-order chi connectivity index (χ1) is 8.34. The van der Waals surface area contributed by atoms with Gasteiger partial charge in [0.1, 0.15) is 0 Å². The molecule has 0 aromatic carbocycles. The van der Waals surface area contributed by atoms with E-state index in [1.807, 2.05) is 0 Å². The number of aliphatic carboxylic acids is 1. The van der Waals surface area contributed by atoms with Crippen LogP contribution < -0.4 is 5.32 Å². The fourth-order valence-electron chi connectivity index (χ4n) is 2.08. The highest BCUT2D eigenvalue weighted by molar-refractivity contribution is 5.83. The Morgan fingerprint density at radius 3 is 2.33 bits per heavy atom. The van der Waals surface area contributed by atoms with Crippen LogP contribution in [0.3, 0.4) is 0 Å². The molecule has 2 amide bonds. The maximum Gasteiger partial charge on any atom is 0.303 e. The van der Waals surface area contributed by atoms with E-state index in [1.165, 1.54) is 11.8 Å². The molecule has 0 bridgehead atoms. The summed E-state index contributed by atoms with van der Waals surface area (Å²) < 4.78 is 0. The van der Waals surface area contributed by atoms with Crippen molar-refractivity contribution in [1.82, 2.24) is 10.2 Å². The van der Waals surface area contributed by atoms with Crippen molar-refractivity contribution in [3.05, 3.63) is 0 Å². The van der Waals surface area contributed by atoms with E-state index >= 15 is 0 Å². The third-order valence-electron chi connectivity index (χ3n) is 3.52. The van der Waals surface area contributed by atoms with E-state index in [0.29, 0.717) is 6.54 Å². The zero-order valence-electron chi connectivity index (χ0n) is 10.9. The van der Waals surface area contributed by atoms with Crippen LogP contribution in [0.2, 0.25) is 0 Å². The van der Waals surface area contributed by atoms with Crippen LogP contribution in [-0.2, 0) is 14.4 Å². The average Bonchev–Trinajstić information content (AvgIpc) is 2.21. The Morgan fingerprint density at radius 1 is 1.33 bits per heavy atom. The smallest absolute Gasteiger partial charge is 0.303 e. The molecule has 1 aliphatic carbocycles. The summed E-state index contributed by atoms with van der Waals surface area (Å²) in [6.07, 6.45) is 2.77. The highest BCUT2D eigenvalue weighted by Gasteiger charge is 2.39. The van der Waals surface area contributed by atoms with E-state index in [4.69, 9.17) is 5.11 Å². The van der Waals surface area contributed by atoms with E-state index in [9.17, 15) is 14.4 Å². The Morgan fingerprint density at radius 2 is 1.94 bits per heavy atom. The lowest BCUT2D eigenvalue weighted by Gasteiger charge is -2.40. The van der Waals surface area contributed by atoms with Crippen molar-refractivity contribution in [2.24, 2.45) is 5.41 Å². The standard InChI is InChI=1S/C12H20N2O4/c1-9(15)14(2)7-10(16)13-8-12(4-3-5-12)6-11(17)18/h3-8H2,1-2H3,(H,13,16)(H,17,18). The van der Waals surface area contributed by atoms with Crippen molar-refractivity contribution in [3.63, 3.8) is 0 Å². The zero-order valence-corrected chi connectivity index (χ0v) is 10.9. The molecule has 0 radical (unpaired) electrons. The number of likely N-dealkylation sites (N-methyl/N-ethyl adjacent to an activating group) is 1. The summed E-state index contributed by atoms with van der Waals surface area (Å²) in [5.74, 6) is -1.25. The Labute approximate surface area is 106 Å². The molecule has 18 heavy (non-hydrogen) atoms. The minimum absolute atomic E-state index is 0.0124. The largest absolute Gasteiger partial charge is 0.481 e. The van der Waals surface area contributed by atoms with E-state index in [1.54, 1.807) is 7.05 Å². The number of amides is 2. The van der Waals surface area contributed by atoms with Gasteiger partial charge < -0.3 is 15.3 Å². The Balaban J connectivity index is 2.37. The van der Waals surface area contributed by atoms with Gasteiger partial charge in [-0.3, -0.25) is 14.4 Å². The fourth-order valence-corrected chi connectivity index (χ4v) is 2.08. The molecule has 102 valence electrons. The maximum absolute atomic E-state index is 11.6. The second-order valence-corrected chi connectivity index (χ2v) is 5.08. The lowest BCUT2D eigenvalue weighted by Crippen LogP contribution is -2.46. The third kappa shape index (κ3) is 4.01. The number of carboxylic acids is 1. The first-order valence-corrected chi connectivity index (χ1v) is 6.05. The Hall–Kier alpha value is -1.59. The van der Waals surface area contributed by atoms with Gasteiger partial charge in [-0.05, 0) is 18.3 Å². The van der Waals surface area contributed by atoms with Crippen molar-refractivity contribution in [2.45, 2.75) is 32.6 Å². The average molecular weight is 256 g/mol. The monoisotopic (exact) mass is 256 g/mol. The summed E-state index contributed by atoms with van der Waals surface area (Å²) >= 11 is 0. The van der Waals surface area contributed by atoms with Crippen molar-refractivity contribution >= 4 is 17.8 Å². The molecule has 1 rings (SSSR count). The van der Waals surface area contributed by atoms with Crippen LogP contribution in [-0.4, -0.2) is 47.9 Å². The number of rotatable bonds is 6. The van der Waals surface area contributed by atoms with Gasteiger partial charge in [-0.15, -0.1) is 0 Å². The number of hydrogen-bond acceptors (Lipinski definition) is 3. The summed E-state index contributed by atoms with van der Waals surface area (Å²) in [5, 5.41) is 11.6. The highest BCUT2D eigenvalue weighted by Crippen LogP contribution is 2.43. The second-order valence-electron chi connectivity index (χ2n) is 5.08. The van der Waals surface area contributed by atoms with Crippen LogP contribution in [0, 0.1) is 5.41 Å². The topological polar surface area (TPSA) is 86.7 Å². The number of carbonyl (C=O) groups excluding carboxylic acids is 2. The molecule has 0 spiro atoms. The molecule has 0 aromatic rings. The van der Waals surface area contributed by atoms with E-state index < -0.39 is 5.97 Å². The molecule has 1 fully saturated rings. The van der Waals surface area contributed by atoms with Crippen LogP contribution in [0.15, 0.2) is 0 Å². The van der Waals surface area contributed by atoms with Gasteiger partial charge in [-0.2, -0.15) is 0 Å². The first-order valence-electron chi connectivity index (χ1n) is 6.05. The Bertz CT molecular complexity index is 350. The van der Waals surface area contributed by atoms with E-state index in [-0.39, 0.29) is 30.2 Å². The molecule has 2 N–H and O–H groups in total. The zero-order chi connectivity index (χ0) is 13.8. The van der Waals surface area contributed by atoms with E-state index in [2.05, 4.69) is 5.32 Å². The van der Waals surface area contributed by atoms with Gasteiger partial charge >= 0.3 is 5.97 Å². The van der Waals surface area contributed by atoms with Crippen molar-refractivity contribution in [2.75, 3.05) is 20.1 Å². The molecule has 0 aliphatic heterocycles. The summed E-state index contributed by atoms with van der Waals surface area (Å²) in [4.78, 5) is 34.6. The molecule has 0 aromatic heterocycles. The molecule has 1 aliphatic rings. The molecule has 6 heteroatoms. The van der Waals surface area contributed by atoms with Gasteiger partial charge in [0.2, 0.25) is 11.8 Å². The van der Waals surface area contributed by atoms with Crippen molar-refractivity contribution in [1.29, 1.82) is 0 Å². The van der Waals surface area contributed by atoms with Gasteiger partial charge in [0.15, 0.2) is 0 Å². The summed E-state index contributed by atoms with van der Waals surface area (Å²) in [6, 6.07) is 0. The summed E-state index contributed by atoms with van der Waals surface area (Å²) in [7, 11) is 1.55. The quantitative estimate of drug-likeness (QED) is 0.712. The Kier molecular flexibility index (Phi) is 4.69. The van der Waals surface area contributed by atoms with Gasteiger partial charge in [0, 0.05) is 20.5 Å². The predicted molar refractivity (Wildman–Crippen MR) is 64.9 cm³/mol. The second kappa shape index (κ2) is 5.84. The number of hydrogen-bond donors (Lipinski definition) is 2. The van der Waals surface area contributed by atoms with Crippen LogP contribution in [0.5, 0.6) is 0 Å². The van der Waals surface area contributed by atoms with Crippen molar-refractivity contribution in [3.8, 4) is 0 Å². The fraction of sp³-hybridized carbons (Fsp3) is 0.750. The molecule has 6 nitrogen and oxygen atoms in total. The highest BCUT2D eigenvalue weighted by atomic mass is 16.4. The molecule has 1 saturated carbocycles. The lowest BCUT2D eigenvalue weighted by molar-refractivity contribution is -0.142. The lowest BCUT2D eigenvalue weighted by atomic mass is 9.66. The predicted octanol–water partition coefficient (Wildman–Crippen LogP) is 0.226. The van der Waals surface area contributed by atoms with Gasteiger partial charge in [0.25, 0.3) is 0 Å². The molecular formula is C12H20N2O4. The van der Waals surface area contributed by atoms with Crippen LogP contribution in [0.1, 0.15) is 32.6 Å². The summed E-state index contributed by atoms with van der Waals surface area (Å²) in [5.41, 5.74) is -0.281. The van der Waals surface area contributed by atoms with Gasteiger partial charge in [0.05, 0.1) is 13.0 Å². The molecule has 0 saturated heterocycles. The summed E-state index contributed by atoms with van der Waals surface area (Å²) in [6.45, 7) is 1.79. The number of nitrogens with zero attached hydrogens (tertiary/aromatic N) is 1. The number of carboxylic acid groups (broad SMARTS) is 1. The van der Waals surface area contributed by atoms with Gasteiger partial charge in [-0.1, -0.05) is 6.42 Å². The molecule has 0 atom stereocenters. The first kappa shape index (κ1) is 14.5. The maximum atomic E-state index is 11.6. The van der Waals surface area contributed by atoms with Crippen molar-refractivity contribution < 1.29 is 19.5 Å². The number of nitrogens with one attached hydrogen (secondary N) is 1. The minimum Gasteiger partial charge on any atom is -0.481 e. The number of carbonyl (C=O) groups is 3. The van der Waals surface area contributed by atoms with Crippen LogP contribution in [0.4, 0.5) is 0 Å². The van der Waals surface area contributed by atoms with Crippen LogP contribution in [0.25, 0.3) is 0 Å². The van der Waals surface area contributed by atoms with Gasteiger partial charge in [-0.25, -0.2) is 0 Å². The van der Waals surface area contributed by atoms with Crippen LogP contribution >= 0.6 is 0 Å².